The number of carbonyl (C=O) groups is 1. The van der Waals surface area contributed by atoms with Crippen molar-refractivity contribution in [2.45, 2.75) is 50.9 Å². The normalized spacial score (nSPS) is 21.8. The van der Waals surface area contributed by atoms with Crippen molar-refractivity contribution >= 4 is 17.5 Å². The number of aryl methyl sites for hydroxylation is 1. The molecule has 0 radical (unpaired) electrons. The van der Waals surface area contributed by atoms with Crippen LogP contribution in [0.25, 0.3) is 11.5 Å². The molecule has 34 heavy (non-hydrogen) atoms. The summed E-state index contributed by atoms with van der Waals surface area (Å²) in [6.45, 7) is 1.87. The smallest absolute Gasteiger partial charge is 0.332 e. The van der Waals surface area contributed by atoms with Gasteiger partial charge in [-0.05, 0) is 62.3 Å². The Kier molecular flexibility index (Phi) is 5.75. The fourth-order valence-electron chi connectivity index (χ4n) is 5.14. The van der Waals surface area contributed by atoms with E-state index in [1.165, 1.54) is 0 Å². The maximum atomic E-state index is 13.7. The van der Waals surface area contributed by atoms with Crippen LogP contribution in [-0.2, 0) is 12.6 Å². The topological polar surface area (TPSA) is 71.9 Å². The second kappa shape index (κ2) is 8.61. The van der Waals surface area contributed by atoms with Crippen molar-refractivity contribution in [1.82, 2.24) is 24.8 Å². The zero-order valence-electron chi connectivity index (χ0n) is 18.3. The van der Waals surface area contributed by atoms with Crippen molar-refractivity contribution in [3.63, 3.8) is 0 Å². The van der Waals surface area contributed by atoms with Crippen LogP contribution in [0.1, 0.15) is 46.4 Å². The second-order valence-electron chi connectivity index (χ2n) is 8.84. The van der Waals surface area contributed by atoms with Crippen molar-refractivity contribution in [3.8, 4) is 11.5 Å². The lowest BCUT2D eigenvalue weighted by molar-refractivity contribution is -0.137. The molecule has 0 spiro atoms. The number of amides is 1. The van der Waals surface area contributed by atoms with Gasteiger partial charge in [0.15, 0.2) is 5.82 Å². The number of pyridine rings is 2. The summed E-state index contributed by atoms with van der Waals surface area (Å²) in [7, 11) is 0. The molecular weight excluding hydrogens is 467 g/mol. The van der Waals surface area contributed by atoms with Crippen LogP contribution in [0.3, 0.4) is 0 Å². The maximum absolute atomic E-state index is 13.7. The van der Waals surface area contributed by atoms with Crippen LogP contribution in [0.2, 0.25) is 5.02 Å². The first kappa shape index (κ1) is 22.7. The first-order chi connectivity index (χ1) is 16.2. The molecule has 3 aromatic heterocycles. The highest BCUT2D eigenvalue weighted by Crippen LogP contribution is 2.45. The Hall–Kier alpha value is -3.07. The van der Waals surface area contributed by atoms with Crippen LogP contribution in [-0.4, -0.2) is 42.8 Å². The molecule has 3 atom stereocenters. The van der Waals surface area contributed by atoms with Gasteiger partial charge in [0.25, 0.3) is 5.91 Å². The largest absolute Gasteiger partial charge is 0.417 e. The highest BCUT2D eigenvalue weighted by Gasteiger charge is 2.49. The minimum absolute atomic E-state index is 0.00173. The van der Waals surface area contributed by atoms with E-state index in [-0.39, 0.29) is 28.9 Å². The Labute approximate surface area is 199 Å². The summed E-state index contributed by atoms with van der Waals surface area (Å²) in [5.41, 5.74) is 1.30. The molecule has 2 saturated heterocycles. The van der Waals surface area contributed by atoms with Crippen LogP contribution in [0.4, 0.5) is 13.2 Å². The molecule has 0 N–H and O–H groups in total. The fraction of sp³-hybridized carbons (Fsp3) is 0.375. The van der Waals surface area contributed by atoms with Crippen molar-refractivity contribution in [3.05, 3.63) is 70.4 Å². The van der Waals surface area contributed by atoms with E-state index in [1.807, 2.05) is 17.9 Å². The predicted molar refractivity (Wildman–Crippen MR) is 119 cm³/mol. The molecule has 3 aromatic rings. The molecule has 0 aliphatic carbocycles. The van der Waals surface area contributed by atoms with Gasteiger partial charge in [0, 0.05) is 36.9 Å². The molecule has 10 heteroatoms. The van der Waals surface area contributed by atoms with E-state index in [0.29, 0.717) is 29.2 Å². The number of rotatable bonds is 4. The van der Waals surface area contributed by atoms with E-state index >= 15 is 0 Å². The number of hydrogen-bond donors (Lipinski definition) is 0. The minimum Gasteiger partial charge on any atom is -0.332 e. The van der Waals surface area contributed by atoms with E-state index in [4.69, 9.17) is 11.6 Å². The Balaban J connectivity index is 1.40. The average Bonchev–Trinajstić information content (AvgIpc) is 3.37. The third-order valence-corrected chi connectivity index (χ3v) is 6.96. The van der Waals surface area contributed by atoms with Gasteiger partial charge in [0.2, 0.25) is 0 Å². The third kappa shape index (κ3) is 4.13. The first-order valence-corrected chi connectivity index (χ1v) is 11.4. The highest BCUT2D eigenvalue weighted by molar-refractivity contribution is 6.31. The summed E-state index contributed by atoms with van der Waals surface area (Å²) in [6.07, 6.45) is 4.11. The minimum atomic E-state index is -4.49. The fourth-order valence-corrected chi connectivity index (χ4v) is 5.38. The van der Waals surface area contributed by atoms with Crippen LogP contribution in [0.5, 0.6) is 0 Å². The molecule has 2 aliphatic rings. The van der Waals surface area contributed by atoms with E-state index in [1.54, 1.807) is 24.7 Å². The molecule has 1 amide bonds. The highest BCUT2D eigenvalue weighted by atomic mass is 35.5. The Bertz CT molecular complexity index is 1240. The summed E-state index contributed by atoms with van der Waals surface area (Å²) in [4.78, 5) is 32.6. The van der Waals surface area contributed by atoms with Crippen molar-refractivity contribution in [1.29, 1.82) is 0 Å². The number of halogens is 4. The maximum Gasteiger partial charge on any atom is 0.417 e. The third-order valence-electron chi connectivity index (χ3n) is 6.63. The molecule has 6 nitrogen and oxygen atoms in total. The molecule has 5 rings (SSSR count). The van der Waals surface area contributed by atoms with Gasteiger partial charge >= 0.3 is 6.18 Å². The van der Waals surface area contributed by atoms with E-state index in [0.717, 1.165) is 37.1 Å². The van der Waals surface area contributed by atoms with Gasteiger partial charge in [0.1, 0.15) is 5.69 Å². The van der Waals surface area contributed by atoms with Crippen molar-refractivity contribution < 1.29 is 18.0 Å². The van der Waals surface area contributed by atoms with Gasteiger partial charge in [-0.3, -0.25) is 14.8 Å². The number of nitrogens with zero attached hydrogens (tertiary/aromatic N) is 5. The van der Waals surface area contributed by atoms with Crippen LogP contribution in [0.15, 0.2) is 43.0 Å². The summed E-state index contributed by atoms with van der Waals surface area (Å²) < 4.78 is 38.9. The monoisotopic (exact) mass is 487 g/mol. The van der Waals surface area contributed by atoms with E-state index in [9.17, 15) is 18.0 Å². The number of carbonyl (C=O) groups excluding carboxylic acids is 1. The summed E-state index contributed by atoms with van der Waals surface area (Å²) in [5, 5.41) is 0.00173. The SMILES string of the molecule is Cc1cnc(-c2ncccn2)c(C(=O)N2C3CCC2C(Cc2ncc(C(F)(F)F)cc2Cl)C3)c1. The first-order valence-electron chi connectivity index (χ1n) is 11.0. The van der Waals surface area contributed by atoms with Gasteiger partial charge in [-0.15, -0.1) is 0 Å². The van der Waals surface area contributed by atoms with Gasteiger partial charge in [0.05, 0.1) is 21.8 Å². The molecule has 2 fully saturated rings. The van der Waals surface area contributed by atoms with Crippen LogP contribution >= 0.6 is 11.6 Å². The Morgan fingerprint density at radius 2 is 1.88 bits per heavy atom. The second-order valence-corrected chi connectivity index (χ2v) is 9.25. The summed E-state index contributed by atoms with van der Waals surface area (Å²) >= 11 is 6.15. The van der Waals surface area contributed by atoms with Gasteiger partial charge in [-0.2, -0.15) is 13.2 Å². The molecule has 5 heterocycles. The quantitative estimate of drug-likeness (QED) is 0.509. The Morgan fingerprint density at radius 1 is 1.12 bits per heavy atom. The molecular formula is C24H21ClF3N5O. The molecule has 3 unspecified atom stereocenters. The molecule has 176 valence electrons. The number of fused-ring (bicyclic) bond motifs is 2. The van der Waals surface area contributed by atoms with Crippen LogP contribution in [0, 0.1) is 12.8 Å². The zero-order chi connectivity index (χ0) is 24.0. The number of hydrogen-bond acceptors (Lipinski definition) is 5. The van der Waals surface area contributed by atoms with Gasteiger partial charge in [-0.1, -0.05) is 11.6 Å². The standard InChI is InChI=1S/C24H21ClF3N5O/c1-13-7-17(21(32-11-13)22-29-5-2-6-30-22)23(34)33-16-3-4-20(33)14(8-16)9-19-18(25)10-15(12-31-19)24(26,27)28/h2,5-7,10-12,14,16,20H,3-4,8-9H2,1H3. The van der Waals surface area contributed by atoms with E-state index < -0.39 is 11.7 Å². The van der Waals surface area contributed by atoms with Gasteiger partial charge < -0.3 is 4.90 Å². The summed E-state index contributed by atoms with van der Waals surface area (Å²) in [6, 6.07) is 4.45. The molecule has 2 bridgehead atoms. The molecule has 0 saturated carbocycles. The Morgan fingerprint density at radius 3 is 2.59 bits per heavy atom. The van der Waals surface area contributed by atoms with Crippen LogP contribution < -0.4 is 0 Å². The number of aromatic nitrogens is 4. The lowest BCUT2D eigenvalue weighted by atomic mass is 9.86. The summed E-state index contributed by atoms with van der Waals surface area (Å²) in [5.74, 6) is 0.327. The van der Waals surface area contributed by atoms with Crippen molar-refractivity contribution in [2.24, 2.45) is 5.92 Å². The van der Waals surface area contributed by atoms with Gasteiger partial charge in [-0.25, -0.2) is 9.97 Å². The zero-order valence-corrected chi connectivity index (χ0v) is 19.0. The molecule has 0 aromatic carbocycles. The number of alkyl halides is 3. The van der Waals surface area contributed by atoms with Crippen molar-refractivity contribution in [2.75, 3.05) is 0 Å². The molecule has 2 aliphatic heterocycles. The lowest BCUT2D eigenvalue weighted by Crippen LogP contribution is -2.37. The average molecular weight is 488 g/mol. The lowest BCUT2D eigenvalue weighted by Gasteiger charge is -2.25. The predicted octanol–water partition coefficient (Wildman–Crippen LogP) is 5.15. The van der Waals surface area contributed by atoms with E-state index in [2.05, 4.69) is 19.9 Å².